The Kier molecular flexibility index (Phi) is 14.3. The van der Waals surface area contributed by atoms with Crippen LogP contribution in [0.3, 0.4) is 0 Å². The molecule has 0 spiro atoms. The summed E-state index contributed by atoms with van der Waals surface area (Å²) in [6.07, 6.45) is 0. The third kappa shape index (κ3) is 8.98. The van der Waals surface area contributed by atoms with Gasteiger partial charge in [-0.05, 0) is 191 Å². The Balaban J connectivity index is 1.43. The standard InChI is InChI=1S/C78H63ClSi/c1-52-67(58-34-16-7-17-35-58)70(61-40-22-10-23-41-61)55(4)76(73(52)64-46-28-13-29-47-64)80(79,77-56(5)71(62-42-24-11-25-43-62)68(59-36-18-8-19-37-59)53(2)74(77)65-48-30-14-31-49-65)78-57(6)72(63-44-26-12-27-45-63)69(60-38-20-9-21-39-60)54(3)75(78)66-50-32-15-33-51-66/h7-51H,1-6H3. The second-order valence-corrected chi connectivity index (χ2v) is 25.7. The van der Waals surface area contributed by atoms with E-state index in [-0.39, 0.29) is 0 Å². The van der Waals surface area contributed by atoms with E-state index in [0.717, 1.165) is 33.4 Å². The topological polar surface area (TPSA) is 0 Å². The van der Waals surface area contributed by atoms with Crippen molar-refractivity contribution in [3.05, 3.63) is 306 Å². The van der Waals surface area contributed by atoms with E-state index < -0.39 is 7.38 Å². The third-order valence-corrected chi connectivity index (χ3v) is 22.2. The number of hydrogen-bond acceptors (Lipinski definition) is 0. The average Bonchev–Trinajstić information content (AvgIpc) is 3.59. The maximum atomic E-state index is 10.2. The van der Waals surface area contributed by atoms with Crippen LogP contribution in [-0.2, 0) is 0 Å². The molecule has 0 N–H and O–H groups in total. The lowest BCUT2D eigenvalue weighted by atomic mass is 9.83. The highest BCUT2D eigenvalue weighted by atomic mass is 35.6. The molecule has 12 aromatic rings. The Bertz CT molecular complexity index is 3730. The van der Waals surface area contributed by atoms with Gasteiger partial charge in [0.15, 0.2) is 0 Å². The minimum absolute atomic E-state index is 1.14. The number of rotatable bonds is 12. The summed E-state index contributed by atoms with van der Waals surface area (Å²) in [5.41, 5.74) is 28.3. The molecule has 0 aliphatic heterocycles. The first-order valence-corrected chi connectivity index (χ1v) is 30.9. The van der Waals surface area contributed by atoms with Crippen molar-refractivity contribution in [2.75, 3.05) is 0 Å². The van der Waals surface area contributed by atoms with E-state index in [2.05, 4.69) is 315 Å². The van der Waals surface area contributed by atoms with Gasteiger partial charge in [0.1, 0.15) is 0 Å². The van der Waals surface area contributed by atoms with Gasteiger partial charge in [0.05, 0.1) is 0 Å². The predicted octanol–water partition coefficient (Wildman–Crippen LogP) is 19.7. The zero-order valence-electron chi connectivity index (χ0n) is 46.4. The van der Waals surface area contributed by atoms with Crippen molar-refractivity contribution in [2.45, 2.75) is 41.5 Å². The van der Waals surface area contributed by atoms with Crippen molar-refractivity contribution in [3.8, 4) is 100 Å². The molecule has 0 aliphatic carbocycles. The van der Waals surface area contributed by atoms with E-state index in [1.165, 1.54) is 116 Å². The van der Waals surface area contributed by atoms with E-state index in [1.54, 1.807) is 0 Å². The SMILES string of the molecule is Cc1c(-c2ccccc2)c(-c2ccccc2)c(C)c([Si](Cl)(c2c(C)c(-c3ccccc3)c(-c3ccccc3)c(C)c2-c2ccccc2)c2c(C)c(-c3ccccc3)c(-c3ccccc3)c(C)c2-c2ccccc2)c1-c1ccccc1. The van der Waals surface area contributed by atoms with Crippen LogP contribution >= 0.6 is 11.1 Å². The first-order chi connectivity index (χ1) is 39.2. The summed E-state index contributed by atoms with van der Waals surface area (Å²) in [5, 5.41) is 3.58. The summed E-state index contributed by atoms with van der Waals surface area (Å²) in [6, 6.07) is 99.7. The van der Waals surface area contributed by atoms with Crippen molar-refractivity contribution in [2.24, 2.45) is 0 Å². The molecule has 386 valence electrons. The minimum Gasteiger partial charge on any atom is -0.149 e. The van der Waals surface area contributed by atoms with Crippen molar-refractivity contribution in [1.82, 2.24) is 0 Å². The van der Waals surface area contributed by atoms with E-state index in [1.807, 2.05) is 0 Å². The molecule has 0 radical (unpaired) electrons. The summed E-state index contributed by atoms with van der Waals surface area (Å²) >= 11 is 10.2. The van der Waals surface area contributed by atoms with E-state index in [9.17, 15) is 11.1 Å². The maximum absolute atomic E-state index is 10.2. The quantitative estimate of drug-likeness (QED) is 0.0650. The molecule has 0 aromatic heterocycles. The molecule has 0 unspecified atom stereocenters. The second kappa shape index (κ2) is 22.1. The fraction of sp³-hybridized carbons (Fsp3) is 0.0769. The molecule has 0 bridgehead atoms. The first kappa shape index (κ1) is 51.9. The molecule has 0 saturated carbocycles. The van der Waals surface area contributed by atoms with Crippen molar-refractivity contribution in [1.29, 1.82) is 0 Å². The van der Waals surface area contributed by atoms with Crippen LogP contribution in [-0.4, -0.2) is 7.38 Å². The Morgan fingerprint density at radius 1 is 0.175 bits per heavy atom. The summed E-state index contributed by atoms with van der Waals surface area (Å²) in [5.74, 6) is 0. The monoisotopic (exact) mass is 1060 g/mol. The lowest BCUT2D eigenvalue weighted by molar-refractivity contribution is 1.38. The summed E-state index contributed by atoms with van der Waals surface area (Å²) in [7, 11) is -4.18. The highest BCUT2D eigenvalue weighted by Crippen LogP contribution is 2.49. The molecule has 0 heterocycles. The van der Waals surface area contributed by atoms with Gasteiger partial charge in [-0.2, -0.15) is 0 Å². The molecule has 80 heavy (non-hydrogen) atoms. The van der Waals surface area contributed by atoms with E-state index in [4.69, 9.17) is 0 Å². The Morgan fingerprint density at radius 2 is 0.300 bits per heavy atom. The van der Waals surface area contributed by atoms with Crippen LogP contribution in [0.2, 0.25) is 0 Å². The van der Waals surface area contributed by atoms with E-state index in [0.29, 0.717) is 0 Å². The zero-order chi connectivity index (χ0) is 54.9. The van der Waals surface area contributed by atoms with Crippen LogP contribution in [0, 0.1) is 41.5 Å². The summed E-state index contributed by atoms with van der Waals surface area (Å²) < 4.78 is 0. The molecule has 0 amide bonds. The van der Waals surface area contributed by atoms with Crippen molar-refractivity contribution >= 4 is 34.0 Å². The molecular formula is C78H63ClSi. The van der Waals surface area contributed by atoms with Crippen LogP contribution in [0.25, 0.3) is 100 Å². The van der Waals surface area contributed by atoms with Gasteiger partial charge in [0, 0.05) is 0 Å². The minimum atomic E-state index is -4.18. The van der Waals surface area contributed by atoms with Gasteiger partial charge in [-0.25, -0.2) is 0 Å². The van der Waals surface area contributed by atoms with Gasteiger partial charge in [-0.15, -0.1) is 11.1 Å². The summed E-state index contributed by atoms with van der Waals surface area (Å²) in [6.45, 7) is 14.3. The number of benzene rings is 12. The second-order valence-electron chi connectivity index (χ2n) is 21.2. The zero-order valence-corrected chi connectivity index (χ0v) is 48.1. The molecule has 0 atom stereocenters. The third-order valence-electron chi connectivity index (χ3n) is 16.6. The maximum Gasteiger partial charge on any atom is 0.250 e. The highest BCUT2D eigenvalue weighted by molar-refractivity contribution is 7.42. The lowest BCUT2D eigenvalue weighted by Gasteiger charge is -2.41. The molecule has 0 nitrogen and oxygen atoms in total. The van der Waals surface area contributed by atoms with E-state index >= 15 is 0 Å². The number of halogens is 1. The van der Waals surface area contributed by atoms with Gasteiger partial charge >= 0.3 is 0 Å². The van der Waals surface area contributed by atoms with Crippen LogP contribution < -0.4 is 15.6 Å². The highest BCUT2D eigenvalue weighted by Gasteiger charge is 2.50. The van der Waals surface area contributed by atoms with Gasteiger partial charge in [-0.3, -0.25) is 0 Å². The van der Waals surface area contributed by atoms with Crippen molar-refractivity contribution in [3.63, 3.8) is 0 Å². The summed E-state index contributed by atoms with van der Waals surface area (Å²) in [4.78, 5) is 0. The van der Waals surface area contributed by atoms with Gasteiger partial charge in [0.2, 0.25) is 0 Å². The van der Waals surface area contributed by atoms with Crippen molar-refractivity contribution < 1.29 is 0 Å². The molecule has 12 aromatic carbocycles. The predicted molar refractivity (Wildman–Crippen MR) is 347 cm³/mol. The average molecular weight is 1060 g/mol. The van der Waals surface area contributed by atoms with Crippen LogP contribution in [0.4, 0.5) is 0 Å². The lowest BCUT2D eigenvalue weighted by Crippen LogP contribution is -2.67. The van der Waals surface area contributed by atoms with Gasteiger partial charge < -0.3 is 0 Å². The smallest absolute Gasteiger partial charge is 0.149 e. The Morgan fingerprint density at radius 3 is 0.450 bits per heavy atom. The first-order valence-electron chi connectivity index (χ1n) is 27.9. The molecule has 0 fully saturated rings. The van der Waals surface area contributed by atoms with Gasteiger partial charge in [-0.1, -0.05) is 273 Å². The van der Waals surface area contributed by atoms with Gasteiger partial charge in [0.25, 0.3) is 7.38 Å². The van der Waals surface area contributed by atoms with Crippen LogP contribution in [0.5, 0.6) is 0 Å². The largest absolute Gasteiger partial charge is 0.250 e. The molecule has 0 saturated heterocycles. The normalized spacial score (nSPS) is 11.4. The molecule has 0 aliphatic rings. The number of hydrogen-bond donors (Lipinski definition) is 0. The molecule has 12 rings (SSSR count). The Labute approximate surface area is 479 Å². The Hall–Kier alpha value is -8.85. The fourth-order valence-electron chi connectivity index (χ4n) is 13.4. The van der Waals surface area contributed by atoms with Crippen LogP contribution in [0.15, 0.2) is 273 Å². The molecule has 2 heteroatoms. The fourth-order valence-corrected chi connectivity index (χ4v) is 20.2. The van der Waals surface area contributed by atoms with Crippen LogP contribution in [0.1, 0.15) is 33.4 Å². The molecular weight excluding hydrogens is 1000 g/mol.